The highest BCUT2D eigenvalue weighted by Gasteiger charge is 2.20. The van der Waals surface area contributed by atoms with Crippen LogP contribution in [0.4, 0.5) is 0 Å². The normalized spacial score (nSPS) is 9.75. The van der Waals surface area contributed by atoms with Crippen LogP contribution in [0.2, 0.25) is 0 Å². The van der Waals surface area contributed by atoms with E-state index >= 15 is 0 Å². The molecule has 0 saturated carbocycles. The van der Waals surface area contributed by atoms with E-state index in [9.17, 15) is 4.79 Å². The number of benzene rings is 1. The average Bonchev–Trinajstić information content (AvgIpc) is 2.35. The third-order valence-corrected chi connectivity index (χ3v) is 2.33. The SMILES string of the molecule is CCC(=O)c1c(OC)ccc(OC)c1OC. The zero-order chi connectivity index (χ0) is 12.1. The zero-order valence-electron chi connectivity index (χ0n) is 9.99. The van der Waals surface area contributed by atoms with Crippen molar-refractivity contribution in [2.24, 2.45) is 0 Å². The molecule has 0 fully saturated rings. The zero-order valence-corrected chi connectivity index (χ0v) is 9.99. The largest absolute Gasteiger partial charge is 0.496 e. The highest BCUT2D eigenvalue weighted by Crippen LogP contribution is 2.37. The van der Waals surface area contributed by atoms with E-state index in [0.29, 0.717) is 29.2 Å². The number of hydrogen-bond donors (Lipinski definition) is 0. The number of Topliss-reactive ketones (excluding diaryl/α,β-unsaturated/α-hetero) is 1. The summed E-state index contributed by atoms with van der Waals surface area (Å²) in [5, 5.41) is 0. The summed E-state index contributed by atoms with van der Waals surface area (Å²) in [5.41, 5.74) is 0.437. The summed E-state index contributed by atoms with van der Waals surface area (Å²) >= 11 is 0. The molecule has 0 amide bonds. The standard InChI is InChI=1S/C12H16O4/c1-5-8(13)11-9(14-2)6-7-10(15-3)12(11)16-4/h6-7H,5H2,1-4H3. The maximum Gasteiger partial charge on any atom is 0.175 e. The van der Waals surface area contributed by atoms with Crippen LogP contribution < -0.4 is 14.2 Å². The van der Waals surface area contributed by atoms with Crippen LogP contribution in [0, 0.1) is 0 Å². The summed E-state index contributed by atoms with van der Waals surface area (Å²) in [5.74, 6) is 1.42. The Labute approximate surface area is 95.1 Å². The Bertz CT molecular complexity index is 385. The van der Waals surface area contributed by atoms with Gasteiger partial charge in [-0.1, -0.05) is 6.92 Å². The first-order valence-corrected chi connectivity index (χ1v) is 5.01. The summed E-state index contributed by atoms with van der Waals surface area (Å²) in [6.45, 7) is 1.79. The molecule has 0 atom stereocenters. The number of rotatable bonds is 5. The van der Waals surface area contributed by atoms with Crippen molar-refractivity contribution in [2.75, 3.05) is 21.3 Å². The molecule has 0 unspecified atom stereocenters. The first-order valence-electron chi connectivity index (χ1n) is 5.01. The monoisotopic (exact) mass is 224 g/mol. The number of carbonyl (C=O) groups excluding carboxylic acids is 1. The molecule has 1 aromatic rings. The predicted molar refractivity (Wildman–Crippen MR) is 60.7 cm³/mol. The van der Waals surface area contributed by atoms with Crippen LogP contribution in [0.15, 0.2) is 12.1 Å². The van der Waals surface area contributed by atoms with Gasteiger partial charge in [-0.3, -0.25) is 4.79 Å². The van der Waals surface area contributed by atoms with Crippen molar-refractivity contribution in [2.45, 2.75) is 13.3 Å². The highest BCUT2D eigenvalue weighted by atomic mass is 16.5. The fourth-order valence-corrected chi connectivity index (χ4v) is 1.52. The van der Waals surface area contributed by atoms with Gasteiger partial charge in [0.25, 0.3) is 0 Å². The lowest BCUT2D eigenvalue weighted by molar-refractivity contribution is 0.0981. The second kappa shape index (κ2) is 5.39. The van der Waals surface area contributed by atoms with Crippen LogP contribution in [0.3, 0.4) is 0 Å². The van der Waals surface area contributed by atoms with Crippen molar-refractivity contribution in [3.05, 3.63) is 17.7 Å². The Hall–Kier alpha value is -1.71. The number of ether oxygens (including phenoxy) is 3. The molecule has 0 radical (unpaired) electrons. The number of carbonyl (C=O) groups is 1. The smallest absolute Gasteiger partial charge is 0.175 e. The summed E-state index contributed by atoms with van der Waals surface area (Å²) in [6.07, 6.45) is 0.389. The molecule has 1 aromatic carbocycles. The summed E-state index contributed by atoms with van der Waals surface area (Å²) in [4.78, 5) is 11.8. The molecule has 0 aromatic heterocycles. The van der Waals surface area contributed by atoms with E-state index < -0.39 is 0 Å². The quantitative estimate of drug-likeness (QED) is 0.720. The Morgan fingerprint density at radius 1 is 1.06 bits per heavy atom. The Morgan fingerprint density at radius 2 is 1.62 bits per heavy atom. The fourth-order valence-electron chi connectivity index (χ4n) is 1.52. The maximum atomic E-state index is 11.8. The fraction of sp³-hybridized carbons (Fsp3) is 0.417. The van der Waals surface area contributed by atoms with Crippen LogP contribution in [-0.4, -0.2) is 27.1 Å². The Balaban J connectivity index is 3.42. The first-order chi connectivity index (χ1) is 7.69. The van der Waals surface area contributed by atoms with Crippen LogP contribution in [0.5, 0.6) is 17.2 Å². The van der Waals surface area contributed by atoms with E-state index in [1.165, 1.54) is 21.3 Å². The second-order valence-corrected chi connectivity index (χ2v) is 3.16. The van der Waals surface area contributed by atoms with E-state index in [1.807, 2.05) is 0 Å². The van der Waals surface area contributed by atoms with Gasteiger partial charge in [-0.15, -0.1) is 0 Å². The highest BCUT2D eigenvalue weighted by molar-refractivity contribution is 6.02. The molecule has 0 aliphatic carbocycles. The molecule has 0 N–H and O–H groups in total. The molecule has 0 aliphatic rings. The molecule has 0 heterocycles. The van der Waals surface area contributed by atoms with Gasteiger partial charge in [-0.25, -0.2) is 0 Å². The van der Waals surface area contributed by atoms with Crippen LogP contribution >= 0.6 is 0 Å². The van der Waals surface area contributed by atoms with Crippen LogP contribution in [0.25, 0.3) is 0 Å². The van der Waals surface area contributed by atoms with E-state index in [4.69, 9.17) is 14.2 Å². The minimum Gasteiger partial charge on any atom is -0.496 e. The van der Waals surface area contributed by atoms with E-state index in [0.717, 1.165) is 0 Å². The lowest BCUT2D eigenvalue weighted by Gasteiger charge is -2.14. The number of methoxy groups -OCH3 is 3. The first kappa shape index (κ1) is 12.4. The third-order valence-electron chi connectivity index (χ3n) is 2.33. The van der Waals surface area contributed by atoms with Gasteiger partial charge in [0.15, 0.2) is 17.3 Å². The minimum atomic E-state index is -0.0346. The molecule has 1 rings (SSSR count). The summed E-state index contributed by atoms with van der Waals surface area (Å²) in [7, 11) is 4.56. The van der Waals surface area contributed by atoms with Gasteiger partial charge in [0.1, 0.15) is 11.3 Å². The van der Waals surface area contributed by atoms with Gasteiger partial charge in [0.2, 0.25) is 0 Å². The van der Waals surface area contributed by atoms with Crippen molar-refractivity contribution in [3.8, 4) is 17.2 Å². The van der Waals surface area contributed by atoms with Crippen LogP contribution in [-0.2, 0) is 0 Å². The third kappa shape index (κ3) is 2.10. The Morgan fingerprint density at radius 3 is 2.06 bits per heavy atom. The van der Waals surface area contributed by atoms with Gasteiger partial charge in [0.05, 0.1) is 21.3 Å². The molecule has 0 spiro atoms. The maximum absolute atomic E-state index is 11.8. The number of ketones is 1. The van der Waals surface area contributed by atoms with Gasteiger partial charge in [0, 0.05) is 6.42 Å². The molecule has 88 valence electrons. The lowest BCUT2D eigenvalue weighted by atomic mass is 10.1. The number of hydrogen-bond acceptors (Lipinski definition) is 4. The topological polar surface area (TPSA) is 44.8 Å². The van der Waals surface area contributed by atoms with Crippen molar-refractivity contribution in [3.63, 3.8) is 0 Å². The Kier molecular flexibility index (Phi) is 4.17. The molecule has 0 saturated heterocycles. The van der Waals surface area contributed by atoms with Crippen LogP contribution in [0.1, 0.15) is 23.7 Å². The summed E-state index contributed by atoms with van der Waals surface area (Å²) in [6, 6.07) is 3.41. The minimum absolute atomic E-state index is 0.0346. The molecule has 4 nitrogen and oxygen atoms in total. The molecule has 0 bridgehead atoms. The van der Waals surface area contributed by atoms with Gasteiger partial charge in [-0.05, 0) is 12.1 Å². The molecular formula is C12H16O4. The molecule has 0 aliphatic heterocycles. The van der Waals surface area contributed by atoms with E-state index in [2.05, 4.69) is 0 Å². The van der Waals surface area contributed by atoms with Crippen molar-refractivity contribution < 1.29 is 19.0 Å². The molecule has 4 heteroatoms. The predicted octanol–water partition coefficient (Wildman–Crippen LogP) is 2.31. The van der Waals surface area contributed by atoms with Gasteiger partial charge < -0.3 is 14.2 Å². The molecular weight excluding hydrogens is 208 g/mol. The average molecular weight is 224 g/mol. The van der Waals surface area contributed by atoms with E-state index in [1.54, 1.807) is 19.1 Å². The van der Waals surface area contributed by atoms with Crippen molar-refractivity contribution >= 4 is 5.78 Å². The van der Waals surface area contributed by atoms with Crippen molar-refractivity contribution in [1.29, 1.82) is 0 Å². The second-order valence-electron chi connectivity index (χ2n) is 3.16. The van der Waals surface area contributed by atoms with E-state index in [-0.39, 0.29) is 5.78 Å². The molecule has 16 heavy (non-hydrogen) atoms. The van der Waals surface area contributed by atoms with Gasteiger partial charge >= 0.3 is 0 Å². The lowest BCUT2D eigenvalue weighted by Crippen LogP contribution is -2.05. The van der Waals surface area contributed by atoms with Gasteiger partial charge in [-0.2, -0.15) is 0 Å². The summed E-state index contributed by atoms with van der Waals surface area (Å²) < 4.78 is 15.5. The van der Waals surface area contributed by atoms with Crippen molar-refractivity contribution in [1.82, 2.24) is 0 Å².